The van der Waals surface area contributed by atoms with Gasteiger partial charge in [-0.15, -0.1) is 0 Å². The van der Waals surface area contributed by atoms with Crippen LogP contribution in [-0.2, 0) is 16.6 Å². The number of likely N-dealkylation sites (tertiary alicyclic amines) is 1. The van der Waals surface area contributed by atoms with E-state index < -0.39 is 0 Å². The molecule has 5 rings (SSSR count). The van der Waals surface area contributed by atoms with Crippen LogP contribution < -0.4 is 10.1 Å². The first-order valence-electron chi connectivity index (χ1n) is 12.0. The zero-order chi connectivity index (χ0) is 22.7. The quantitative estimate of drug-likeness (QED) is 0.594. The number of carbonyl (C=O) groups excluding carboxylic acids is 1. The Morgan fingerprint density at radius 2 is 1.58 bits per heavy atom. The number of fused-ring (bicyclic) bond motifs is 2. The number of piperidine rings is 1. The molecule has 3 aromatic rings. The molecule has 33 heavy (non-hydrogen) atoms. The molecule has 4 heteroatoms. The van der Waals surface area contributed by atoms with Crippen molar-refractivity contribution in [2.75, 3.05) is 26.7 Å². The van der Waals surface area contributed by atoms with Gasteiger partial charge in [0.2, 0.25) is 5.91 Å². The van der Waals surface area contributed by atoms with Crippen LogP contribution in [0.4, 0.5) is 0 Å². The highest BCUT2D eigenvalue weighted by molar-refractivity contribution is 5.78. The molecule has 1 saturated heterocycles. The predicted molar refractivity (Wildman–Crippen MR) is 132 cm³/mol. The number of rotatable bonds is 6. The SMILES string of the molecule is COc1ccc(C(NCC(=O)N2CCC3(CCc4ccccc43)CC2)c2ccccc2)cc1. The summed E-state index contributed by atoms with van der Waals surface area (Å²) in [4.78, 5) is 15.2. The Labute approximate surface area is 196 Å². The number of amides is 1. The molecule has 1 aliphatic heterocycles. The van der Waals surface area contributed by atoms with Crippen molar-refractivity contribution in [3.63, 3.8) is 0 Å². The topological polar surface area (TPSA) is 41.6 Å². The van der Waals surface area contributed by atoms with Crippen LogP contribution in [0.2, 0.25) is 0 Å². The second-order valence-electron chi connectivity index (χ2n) is 9.32. The second kappa shape index (κ2) is 9.40. The van der Waals surface area contributed by atoms with Crippen molar-refractivity contribution in [1.82, 2.24) is 10.2 Å². The molecule has 0 radical (unpaired) electrons. The van der Waals surface area contributed by atoms with Crippen molar-refractivity contribution < 1.29 is 9.53 Å². The molecule has 170 valence electrons. The Kier molecular flexibility index (Phi) is 6.19. The van der Waals surface area contributed by atoms with Gasteiger partial charge in [0.25, 0.3) is 0 Å². The molecule has 1 unspecified atom stereocenters. The van der Waals surface area contributed by atoms with Crippen LogP contribution in [0.1, 0.15) is 47.6 Å². The van der Waals surface area contributed by atoms with E-state index in [-0.39, 0.29) is 17.4 Å². The van der Waals surface area contributed by atoms with E-state index in [1.807, 2.05) is 30.3 Å². The van der Waals surface area contributed by atoms with Crippen molar-refractivity contribution in [3.8, 4) is 5.75 Å². The van der Waals surface area contributed by atoms with E-state index >= 15 is 0 Å². The molecular weight excluding hydrogens is 408 g/mol. The fraction of sp³-hybridized carbons (Fsp3) is 0.345. The van der Waals surface area contributed by atoms with E-state index in [0.717, 1.165) is 42.8 Å². The minimum absolute atomic E-state index is 0.0427. The Bertz CT molecular complexity index is 1090. The summed E-state index contributed by atoms with van der Waals surface area (Å²) in [5.41, 5.74) is 5.57. The van der Waals surface area contributed by atoms with Crippen molar-refractivity contribution in [2.24, 2.45) is 0 Å². The highest BCUT2D eigenvalue weighted by Gasteiger charge is 2.41. The van der Waals surface area contributed by atoms with E-state index in [1.54, 1.807) is 7.11 Å². The van der Waals surface area contributed by atoms with Gasteiger partial charge in [-0.05, 0) is 65.5 Å². The summed E-state index contributed by atoms with van der Waals surface area (Å²) < 4.78 is 5.31. The van der Waals surface area contributed by atoms with Gasteiger partial charge < -0.3 is 9.64 Å². The molecule has 1 aliphatic carbocycles. The summed E-state index contributed by atoms with van der Waals surface area (Å²) in [6.07, 6.45) is 4.53. The molecule has 1 heterocycles. The average molecular weight is 441 g/mol. The van der Waals surface area contributed by atoms with Gasteiger partial charge in [-0.25, -0.2) is 0 Å². The van der Waals surface area contributed by atoms with Crippen molar-refractivity contribution in [1.29, 1.82) is 0 Å². The molecule has 1 atom stereocenters. The van der Waals surface area contributed by atoms with Crippen LogP contribution in [0, 0.1) is 0 Å². The lowest BCUT2D eigenvalue weighted by Gasteiger charge is -2.40. The Morgan fingerprint density at radius 1 is 0.909 bits per heavy atom. The summed E-state index contributed by atoms with van der Waals surface area (Å²) in [6.45, 7) is 2.01. The number of nitrogens with one attached hydrogen (secondary N) is 1. The summed E-state index contributed by atoms with van der Waals surface area (Å²) in [7, 11) is 1.67. The minimum atomic E-state index is -0.0427. The fourth-order valence-corrected chi connectivity index (χ4v) is 5.64. The molecule has 1 amide bonds. The zero-order valence-electron chi connectivity index (χ0n) is 19.3. The van der Waals surface area contributed by atoms with E-state index in [2.05, 4.69) is 58.7 Å². The monoisotopic (exact) mass is 440 g/mol. The van der Waals surface area contributed by atoms with Crippen LogP contribution in [0.15, 0.2) is 78.9 Å². The maximum Gasteiger partial charge on any atom is 0.236 e. The molecule has 0 bridgehead atoms. The Morgan fingerprint density at radius 3 is 2.30 bits per heavy atom. The number of methoxy groups -OCH3 is 1. The fourth-order valence-electron chi connectivity index (χ4n) is 5.64. The van der Waals surface area contributed by atoms with Crippen molar-refractivity contribution in [3.05, 3.63) is 101 Å². The lowest BCUT2D eigenvalue weighted by atomic mass is 9.74. The van der Waals surface area contributed by atoms with Crippen LogP contribution in [0.3, 0.4) is 0 Å². The van der Waals surface area contributed by atoms with Crippen LogP contribution >= 0.6 is 0 Å². The number of ether oxygens (including phenoxy) is 1. The Balaban J connectivity index is 1.24. The minimum Gasteiger partial charge on any atom is -0.497 e. The van der Waals surface area contributed by atoms with E-state index in [4.69, 9.17) is 4.74 Å². The third-order valence-electron chi connectivity index (χ3n) is 7.57. The van der Waals surface area contributed by atoms with E-state index in [0.29, 0.717) is 6.54 Å². The number of carbonyl (C=O) groups is 1. The average Bonchev–Trinajstić information content (AvgIpc) is 3.23. The number of benzene rings is 3. The van der Waals surface area contributed by atoms with Crippen LogP contribution in [0.25, 0.3) is 0 Å². The highest BCUT2D eigenvalue weighted by Crippen LogP contribution is 2.46. The van der Waals surface area contributed by atoms with Gasteiger partial charge in [0, 0.05) is 13.1 Å². The molecule has 4 nitrogen and oxygen atoms in total. The number of nitrogens with zero attached hydrogens (tertiary/aromatic N) is 1. The second-order valence-corrected chi connectivity index (χ2v) is 9.32. The molecule has 3 aromatic carbocycles. The first-order valence-corrected chi connectivity index (χ1v) is 12.0. The van der Waals surface area contributed by atoms with Crippen molar-refractivity contribution >= 4 is 5.91 Å². The van der Waals surface area contributed by atoms with Crippen molar-refractivity contribution in [2.45, 2.75) is 37.1 Å². The summed E-state index contributed by atoms with van der Waals surface area (Å²) >= 11 is 0. The van der Waals surface area contributed by atoms with Gasteiger partial charge in [-0.1, -0.05) is 66.7 Å². The van der Waals surface area contributed by atoms with E-state index in [1.165, 1.54) is 24.0 Å². The first-order chi connectivity index (χ1) is 16.2. The van der Waals surface area contributed by atoms with Crippen LogP contribution in [0.5, 0.6) is 5.75 Å². The Hall–Kier alpha value is -3.11. The van der Waals surface area contributed by atoms with Gasteiger partial charge in [0.1, 0.15) is 5.75 Å². The number of hydrogen-bond donors (Lipinski definition) is 1. The summed E-state index contributed by atoms with van der Waals surface area (Å²) in [5.74, 6) is 1.02. The third-order valence-corrected chi connectivity index (χ3v) is 7.57. The predicted octanol–water partition coefficient (Wildman–Crippen LogP) is 4.88. The number of hydrogen-bond acceptors (Lipinski definition) is 3. The summed E-state index contributed by atoms with van der Waals surface area (Å²) in [5, 5.41) is 3.53. The van der Waals surface area contributed by atoms with Gasteiger partial charge in [-0.2, -0.15) is 0 Å². The zero-order valence-corrected chi connectivity index (χ0v) is 19.3. The molecule has 1 N–H and O–H groups in total. The number of aryl methyl sites for hydroxylation is 1. The lowest BCUT2D eigenvalue weighted by molar-refractivity contribution is -0.132. The van der Waals surface area contributed by atoms with Crippen LogP contribution in [-0.4, -0.2) is 37.6 Å². The van der Waals surface area contributed by atoms with Gasteiger partial charge in [0.15, 0.2) is 0 Å². The maximum atomic E-state index is 13.2. The standard InChI is InChI=1S/C29H32N2O2/c1-33-25-13-11-24(12-14-25)28(23-8-3-2-4-9-23)30-21-27(32)31-19-17-29(18-20-31)16-15-22-7-5-6-10-26(22)29/h2-14,28,30H,15-21H2,1H3. The lowest BCUT2D eigenvalue weighted by Crippen LogP contribution is -2.47. The maximum absolute atomic E-state index is 13.2. The largest absolute Gasteiger partial charge is 0.497 e. The molecule has 1 fully saturated rings. The van der Waals surface area contributed by atoms with Gasteiger partial charge >= 0.3 is 0 Å². The normalized spacial score (nSPS) is 17.5. The molecular formula is C29H32N2O2. The first kappa shape index (κ1) is 21.7. The smallest absolute Gasteiger partial charge is 0.236 e. The van der Waals surface area contributed by atoms with E-state index in [9.17, 15) is 4.79 Å². The highest BCUT2D eigenvalue weighted by atomic mass is 16.5. The molecule has 1 spiro atoms. The molecule has 0 aromatic heterocycles. The van der Waals surface area contributed by atoms with Gasteiger partial charge in [0.05, 0.1) is 19.7 Å². The third kappa shape index (κ3) is 4.40. The molecule has 2 aliphatic rings. The molecule has 0 saturated carbocycles. The summed E-state index contributed by atoms with van der Waals surface area (Å²) in [6, 6.07) is 27.2. The van der Waals surface area contributed by atoms with Gasteiger partial charge in [-0.3, -0.25) is 10.1 Å².